The van der Waals surface area contributed by atoms with Crippen LogP contribution in [0, 0.1) is 0 Å². The quantitative estimate of drug-likeness (QED) is 0.804. The van der Waals surface area contributed by atoms with E-state index in [1.165, 1.54) is 19.3 Å². The van der Waals surface area contributed by atoms with Crippen LogP contribution in [0.25, 0.3) is 10.9 Å². The zero-order chi connectivity index (χ0) is 18.5. The number of anilines is 1. The number of hydrogen-bond donors (Lipinski definition) is 2. The molecule has 7 heteroatoms. The van der Waals surface area contributed by atoms with Crippen molar-refractivity contribution in [3.8, 4) is 11.5 Å². The van der Waals surface area contributed by atoms with Crippen LogP contribution in [0.5, 0.6) is 11.5 Å². The van der Waals surface area contributed by atoms with Gasteiger partial charge >= 0.3 is 0 Å². The molecule has 2 N–H and O–H groups in total. The zero-order valence-electron chi connectivity index (χ0n) is 16.0. The van der Waals surface area contributed by atoms with Gasteiger partial charge in [0.2, 0.25) is 5.95 Å². The van der Waals surface area contributed by atoms with Gasteiger partial charge in [0.15, 0.2) is 11.5 Å². The molecule has 2 aliphatic rings. The van der Waals surface area contributed by atoms with E-state index >= 15 is 0 Å². The minimum Gasteiger partial charge on any atom is -0.493 e. The molecular weight excluding hydrogens is 342 g/mol. The number of nitrogens with zero attached hydrogens (tertiary/aromatic N) is 3. The van der Waals surface area contributed by atoms with Crippen LogP contribution < -0.4 is 25.0 Å². The number of methoxy groups -OCH3 is 1. The number of aromatic nitrogens is 2. The Morgan fingerprint density at radius 2 is 2.04 bits per heavy atom. The van der Waals surface area contributed by atoms with Crippen molar-refractivity contribution in [1.82, 2.24) is 20.6 Å². The SMILES string of the molecule is COc1cc2cnc(N3CCNCC3)nc2cc1OCCC1CCCCN1. The first-order valence-electron chi connectivity index (χ1n) is 10.00. The molecule has 4 rings (SSSR count). The second-order valence-corrected chi connectivity index (χ2v) is 7.25. The third kappa shape index (κ3) is 4.42. The molecule has 1 unspecified atom stereocenters. The van der Waals surface area contributed by atoms with E-state index in [9.17, 15) is 0 Å². The molecule has 3 heterocycles. The summed E-state index contributed by atoms with van der Waals surface area (Å²) in [6.45, 7) is 5.59. The van der Waals surface area contributed by atoms with Gasteiger partial charge in [0.1, 0.15) is 0 Å². The lowest BCUT2D eigenvalue weighted by molar-refractivity contribution is 0.257. The minimum absolute atomic E-state index is 0.562. The summed E-state index contributed by atoms with van der Waals surface area (Å²) in [5.74, 6) is 2.27. The van der Waals surface area contributed by atoms with Crippen LogP contribution in [0.15, 0.2) is 18.3 Å². The Hall–Kier alpha value is -2.12. The molecular formula is C20H29N5O2. The average molecular weight is 371 g/mol. The zero-order valence-corrected chi connectivity index (χ0v) is 16.0. The molecule has 0 spiro atoms. The Morgan fingerprint density at radius 3 is 2.81 bits per heavy atom. The fourth-order valence-corrected chi connectivity index (χ4v) is 3.80. The van der Waals surface area contributed by atoms with Crippen LogP contribution >= 0.6 is 0 Å². The van der Waals surface area contributed by atoms with Crippen LogP contribution in [0.2, 0.25) is 0 Å². The number of rotatable bonds is 6. The first-order chi connectivity index (χ1) is 13.3. The molecule has 0 radical (unpaired) electrons. The molecule has 1 atom stereocenters. The Labute approximate surface area is 160 Å². The van der Waals surface area contributed by atoms with E-state index in [4.69, 9.17) is 14.5 Å². The number of hydrogen-bond acceptors (Lipinski definition) is 7. The van der Waals surface area contributed by atoms with Gasteiger partial charge in [0.05, 0.1) is 19.2 Å². The molecule has 0 bridgehead atoms. The van der Waals surface area contributed by atoms with Crippen LogP contribution in [0.1, 0.15) is 25.7 Å². The molecule has 2 aliphatic heterocycles. The molecule has 0 saturated carbocycles. The molecule has 2 aromatic rings. The summed E-state index contributed by atoms with van der Waals surface area (Å²) in [5, 5.41) is 7.89. The van der Waals surface area contributed by atoms with Crippen molar-refractivity contribution in [2.45, 2.75) is 31.7 Å². The second kappa shape index (κ2) is 8.71. The molecule has 1 aromatic heterocycles. The van der Waals surface area contributed by atoms with Gasteiger partial charge in [-0.15, -0.1) is 0 Å². The van der Waals surface area contributed by atoms with E-state index in [1.807, 2.05) is 18.3 Å². The maximum atomic E-state index is 6.08. The van der Waals surface area contributed by atoms with Crippen molar-refractivity contribution in [2.75, 3.05) is 51.3 Å². The van der Waals surface area contributed by atoms with E-state index in [0.717, 1.165) is 67.5 Å². The molecule has 0 aliphatic carbocycles. The normalized spacial score (nSPS) is 20.6. The van der Waals surface area contributed by atoms with Crippen LogP contribution in [0.4, 0.5) is 5.95 Å². The smallest absolute Gasteiger partial charge is 0.225 e. The predicted molar refractivity (Wildman–Crippen MR) is 107 cm³/mol. The predicted octanol–water partition coefficient (Wildman–Crippen LogP) is 1.96. The molecule has 0 amide bonds. The highest BCUT2D eigenvalue weighted by Crippen LogP contribution is 2.32. The Kier molecular flexibility index (Phi) is 5.89. The lowest BCUT2D eigenvalue weighted by atomic mass is 10.0. The first-order valence-corrected chi connectivity index (χ1v) is 10.00. The number of benzene rings is 1. The summed E-state index contributed by atoms with van der Waals surface area (Å²) < 4.78 is 11.6. The molecule has 7 nitrogen and oxygen atoms in total. The Balaban J connectivity index is 1.49. The molecule has 2 fully saturated rings. The average Bonchev–Trinajstić information content (AvgIpc) is 2.74. The van der Waals surface area contributed by atoms with Crippen LogP contribution in [-0.2, 0) is 0 Å². The number of piperazine rings is 1. The number of fused-ring (bicyclic) bond motifs is 1. The van der Waals surface area contributed by atoms with Gasteiger partial charge in [0, 0.05) is 49.9 Å². The van der Waals surface area contributed by atoms with E-state index in [1.54, 1.807) is 7.11 Å². The van der Waals surface area contributed by atoms with Crippen molar-refractivity contribution in [1.29, 1.82) is 0 Å². The Bertz CT molecular complexity index is 757. The lowest BCUT2D eigenvalue weighted by Crippen LogP contribution is -2.44. The third-order valence-electron chi connectivity index (χ3n) is 5.39. The largest absolute Gasteiger partial charge is 0.493 e. The monoisotopic (exact) mass is 371 g/mol. The highest BCUT2D eigenvalue weighted by molar-refractivity contribution is 5.82. The second-order valence-electron chi connectivity index (χ2n) is 7.25. The van der Waals surface area contributed by atoms with E-state index in [2.05, 4.69) is 20.5 Å². The maximum absolute atomic E-state index is 6.08. The standard InChI is InChI=1S/C20H29N5O2/c1-26-18-12-15-14-23-20(25-9-7-21-8-10-25)24-17(15)13-19(18)27-11-5-16-4-2-3-6-22-16/h12-14,16,21-22H,2-11H2,1H3. The molecule has 27 heavy (non-hydrogen) atoms. The van der Waals surface area contributed by atoms with Crippen LogP contribution in [-0.4, -0.2) is 62.5 Å². The topological polar surface area (TPSA) is 71.5 Å². The van der Waals surface area contributed by atoms with Gasteiger partial charge in [-0.25, -0.2) is 9.97 Å². The fourth-order valence-electron chi connectivity index (χ4n) is 3.80. The van der Waals surface area contributed by atoms with Crippen molar-refractivity contribution < 1.29 is 9.47 Å². The van der Waals surface area contributed by atoms with Gasteiger partial charge in [-0.3, -0.25) is 0 Å². The van der Waals surface area contributed by atoms with E-state index in [0.29, 0.717) is 12.6 Å². The van der Waals surface area contributed by atoms with E-state index < -0.39 is 0 Å². The summed E-state index contributed by atoms with van der Waals surface area (Å²) in [5.41, 5.74) is 0.894. The summed E-state index contributed by atoms with van der Waals surface area (Å²) in [6, 6.07) is 4.51. The highest BCUT2D eigenvalue weighted by atomic mass is 16.5. The van der Waals surface area contributed by atoms with Gasteiger partial charge in [-0.1, -0.05) is 6.42 Å². The summed E-state index contributed by atoms with van der Waals surface area (Å²) in [6.07, 6.45) is 6.71. The number of nitrogens with one attached hydrogen (secondary N) is 2. The molecule has 1 aromatic carbocycles. The van der Waals surface area contributed by atoms with Crippen molar-refractivity contribution in [3.63, 3.8) is 0 Å². The lowest BCUT2D eigenvalue weighted by Gasteiger charge is -2.27. The summed E-state index contributed by atoms with van der Waals surface area (Å²) in [4.78, 5) is 11.5. The molecule has 2 saturated heterocycles. The van der Waals surface area contributed by atoms with Gasteiger partial charge in [0.25, 0.3) is 0 Å². The summed E-state index contributed by atoms with van der Waals surface area (Å²) >= 11 is 0. The van der Waals surface area contributed by atoms with Gasteiger partial charge in [-0.05, 0) is 31.9 Å². The number of ether oxygens (including phenoxy) is 2. The van der Waals surface area contributed by atoms with Crippen molar-refractivity contribution >= 4 is 16.9 Å². The molecule has 146 valence electrons. The van der Waals surface area contributed by atoms with E-state index in [-0.39, 0.29) is 0 Å². The Morgan fingerprint density at radius 1 is 1.15 bits per heavy atom. The van der Waals surface area contributed by atoms with Gasteiger partial charge < -0.3 is 25.0 Å². The first kappa shape index (κ1) is 18.3. The maximum Gasteiger partial charge on any atom is 0.225 e. The van der Waals surface area contributed by atoms with Crippen molar-refractivity contribution in [3.05, 3.63) is 18.3 Å². The van der Waals surface area contributed by atoms with Crippen LogP contribution in [0.3, 0.4) is 0 Å². The van der Waals surface area contributed by atoms with Crippen molar-refractivity contribution in [2.24, 2.45) is 0 Å². The fraction of sp³-hybridized carbons (Fsp3) is 0.600. The minimum atomic E-state index is 0.562. The number of piperidine rings is 1. The van der Waals surface area contributed by atoms with Gasteiger partial charge in [-0.2, -0.15) is 0 Å². The summed E-state index contributed by atoms with van der Waals surface area (Å²) in [7, 11) is 1.67. The third-order valence-corrected chi connectivity index (χ3v) is 5.39. The highest BCUT2D eigenvalue weighted by Gasteiger charge is 2.16.